The van der Waals surface area contributed by atoms with Gasteiger partial charge in [-0.1, -0.05) is 6.07 Å². The first-order valence-corrected chi connectivity index (χ1v) is 10.1. The molecule has 132 valence electrons. The summed E-state index contributed by atoms with van der Waals surface area (Å²) in [5.74, 6) is 0.317. The van der Waals surface area contributed by atoms with Crippen molar-refractivity contribution in [2.45, 2.75) is 31.3 Å². The third-order valence-corrected chi connectivity index (χ3v) is 6.78. The van der Waals surface area contributed by atoms with Crippen molar-refractivity contribution in [3.63, 3.8) is 0 Å². The van der Waals surface area contributed by atoms with E-state index in [9.17, 15) is 9.59 Å². The minimum Gasteiger partial charge on any atom is -0.443 e. The molecule has 3 aromatic rings. The number of hydrogen-bond donors (Lipinski definition) is 1. The number of hydrogen-bond acceptors (Lipinski definition) is 6. The number of rotatable bonds is 3. The van der Waals surface area contributed by atoms with Crippen LogP contribution in [0.25, 0.3) is 10.8 Å². The lowest BCUT2D eigenvalue weighted by Gasteiger charge is -2.31. The summed E-state index contributed by atoms with van der Waals surface area (Å²) in [5.41, 5.74) is 0.606. The number of nitrogens with one attached hydrogen (secondary N) is 1. The van der Waals surface area contributed by atoms with Crippen molar-refractivity contribution < 1.29 is 14.0 Å². The van der Waals surface area contributed by atoms with Gasteiger partial charge in [-0.25, -0.2) is 9.78 Å². The summed E-state index contributed by atoms with van der Waals surface area (Å²) in [4.78, 5) is 33.5. The first kappa shape index (κ1) is 15.8. The summed E-state index contributed by atoms with van der Waals surface area (Å²) in [6.07, 6.45) is 4.00. The van der Waals surface area contributed by atoms with Gasteiger partial charge in [-0.3, -0.25) is 9.69 Å². The molecule has 5 rings (SSSR count). The number of amides is 3. The molecule has 1 N–H and O–H groups in total. The van der Waals surface area contributed by atoms with E-state index < -0.39 is 5.54 Å². The van der Waals surface area contributed by atoms with Gasteiger partial charge in [-0.05, 0) is 42.2 Å². The van der Waals surface area contributed by atoms with E-state index in [0.717, 1.165) is 23.3 Å². The number of fused-ring (bicyclic) bond motifs is 2. The van der Waals surface area contributed by atoms with Crippen LogP contribution >= 0.6 is 22.7 Å². The van der Waals surface area contributed by atoms with Crippen LogP contribution in [0.4, 0.5) is 4.79 Å². The molecule has 0 radical (unpaired) electrons. The van der Waals surface area contributed by atoms with Crippen LogP contribution in [0.2, 0.25) is 0 Å². The Hall–Kier alpha value is -2.45. The number of oxazole rings is 1. The first-order valence-electron chi connectivity index (χ1n) is 8.37. The van der Waals surface area contributed by atoms with E-state index in [1.807, 2.05) is 29.0 Å². The monoisotopic (exact) mass is 385 g/mol. The third kappa shape index (κ3) is 2.25. The summed E-state index contributed by atoms with van der Waals surface area (Å²) in [6.45, 7) is 0.112. The zero-order valence-electron chi connectivity index (χ0n) is 13.7. The van der Waals surface area contributed by atoms with E-state index in [1.165, 1.54) is 27.4 Å². The Balaban J connectivity index is 1.43. The second-order valence-electron chi connectivity index (χ2n) is 6.46. The predicted molar refractivity (Wildman–Crippen MR) is 97.8 cm³/mol. The minimum absolute atomic E-state index is 0.112. The smallest absolute Gasteiger partial charge is 0.325 e. The van der Waals surface area contributed by atoms with Crippen molar-refractivity contribution in [3.8, 4) is 10.8 Å². The minimum atomic E-state index is -0.912. The van der Waals surface area contributed by atoms with E-state index in [2.05, 4.69) is 10.3 Å². The molecular weight excluding hydrogens is 370 g/mol. The molecule has 1 fully saturated rings. The Morgan fingerprint density at radius 2 is 2.19 bits per heavy atom. The molecule has 3 aromatic heterocycles. The highest BCUT2D eigenvalue weighted by Gasteiger charge is 2.54. The number of aryl methyl sites for hydroxylation is 1. The van der Waals surface area contributed by atoms with Crippen LogP contribution in [-0.2, 0) is 23.3 Å². The number of thiophene rings is 2. The van der Waals surface area contributed by atoms with E-state index in [0.29, 0.717) is 18.0 Å². The highest BCUT2D eigenvalue weighted by molar-refractivity contribution is 7.13. The number of urea groups is 1. The molecule has 6 nitrogen and oxygen atoms in total. The summed E-state index contributed by atoms with van der Waals surface area (Å²) in [7, 11) is 0. The molecule has 2 aliphatic rings. The Morgan fingerprint density at radius 3 is 3.04 bits per heavy atom. The number of imide groups is 1. The standard InChI is InChI=1S/C18H15N3O3S2/c22-16-18(6-1-3-13-12(18)5-8-26-13)20-17(23)21(16)9-11-10-24-15(19-11)14-4-2-7-25-14/h2,4-5,7-8,10H,1,3,6,9H2,(H,20,23). The topological polar surface area (TPSA) is 75.4 Å². The molecule has 1 spiro atoms. The quantitative estimate of drug-likeness (QED) is 0.697. The Morgan fingerprint density at radius 1 is 1.27 bits per heavy atom. The van der Waals surface area contributed by atoms with E-state index in [1.54, 1.807) is 11.3 Å². The largest absolute Gasteiger partial charge is 0.443 e. The van der Waals surface area contributed by atoms with Crippen molar-refractivity contribution >= 4 is 34.6 Å². The SMILES string of the molecule is O=C1NC2(CCCc3sccc32)C(=O)N1Cc1coc(-c2cccs2)n1. The molecule has 4 heterocycles. The van der Waals surface area contributed by atoms with Gasteiger partial charge in [0.2, 0.25) is 5.89 Å². The lowest BCUT2D eigenvalue weighted by atomic mass is 9.80. The fraction of sp³-hybridized carbons (Fsp3) is 0.278. The fourth-order valence-electron chi connectivity index (χ4n) is 3.74. The average Bonchev–Trinajstić information content (AvgIpc) is 3.41. The fourth-order valence-corrected chi connectivity index (χ4v) is 5.40. The summed E-state index contributed by atoms with van der Waals surface area (Å²) >= 11 is 3.18. The normalized spacial score (nSPS) is 22.1. The second-order valence-corrected chi connectivity index (χ2v) is 8.41. The van der Waals surface area contributed by atoms with Crippen LogP contribution in [-0.4, -0.2) is 21.8 Å². The number of carbonyl (C=O) groups is 2. The van der Waals surface area contributed by atoms with Crippen LogP contribution in [0.3, 0.4) is 0 Å². The average molecular weight is 385 g/mol. The van der Waals surface area contributed by atoms with Gasteiger partial charge in [0.05, 0.1) is 17.1 Å². The zero-order chi connectivity index (χ0) is 17.7. The van der Waals surface area contributed by atoms with Crippen LogP contribution in [0.15, 0.2) is 39.6 Å². The molecule has 1 unspecified atom stereocenters. The molecule has 8 heteroatoms. The molecule has 0 aromatic carbocycles. The Labute approximate surface area is 157 Å². The van der Waals surface area contributed by atoms with Crippen molar-refractivity contribution in [2.75, 3.05) is 0 Å². The highest BCUT2D eigenvalue weighted by Crippen LogP contribution is 2.42. The van der Waals surface area contributed by atoms with Crippen LogP contribution < -0.4 is 5.32 Å². The molecule has 1 saturated heterocycles. The van der Waals surface area contributed by atoms with Crippen molar-refractivity contribution in [2.24, 2.45) is 0 Å². The van der Waals surface area contributed by atoms with Crippen LogP contribution in [0, 0.1) is 0 Å². The maximum Gasteiger partial charge on any atom is 0.325 e. The van der Waals surface area contributed by atoms with Gasteiger partial charge in [0.1, 0.15) is 11.8 Å². The lowest BCUT2D eigenvalue weighted by Crippen LogP contribution is -2.46. The second kappa shape index (κ2) is 5.78. The summed E-state index contributed by atoms with van der Waals surface area (Å²) in [6, 6.07) is 5.44. The van der Waals surface area contributed by atoms with Gasteiger partial charge in [-0.15, -0.1) is 22.7 Å². The van der Waals surface area contributed by atoms with Gasteiger partial charge in [-0.2, -0.15) is 0 Å². The molecule has 0 saturated carbocycles. The molecule has 1 aliphatic carbocycles. The maximum absolute atomic E-state index is 13.2. The van der Waals surface area contributed by atoms with Crippen molar-refractivity contribution in [1.29, 1.82) is 0 Å². The van der Waals surface area contributed by atoms with Crippen molar-refractivity contribution in [1.82, 2.24) is 15.2 Å². The first-order chi connectivity index (χ1) is 12.7. The zero-order valence-corrected chi connectivity index (χ0v) is 15.4. The number of aromatic nitrogens is 1. The van der Waals surface area contributed by atoms with E-state index in [4.69, 9.17) is 4.42 Å². The predicted octanol–water partition coefficient (Wildman–Crippen LogP) is 3.75. The maximum atomic E-state index is 13.2. The van der Waals surface area contributed by atoms with E-state index in [-0.39, 0.29) is 18.5 Å². The van der Waals surface area contributed by atoms with Gasteiger partial charge in [0, 0.05) is 10.4 Å². The summed E-state index contributed by atoms with van der Waals surface area (Å²) in [5, 5.41) is 6.89. The van der Waals surface area contributed by atoms with Crippen molar-refractivity contribution in [3.05, 3.63) is 51.4 Å². The van der Waals surface area contributed by atoms with Gasteiger partial charge in [0.15, 0.2) is 0 Å². The van der Waals surface area contributed by atoms with Crippen LogP contribution in [0.1, 0.15) is 29.0 Å². The number of nitrogens with zero attached hydrogens (tertiary/aromatic N) is 2. The van der Waals surface area contributed by atoms with Gasteiger partial charge >= 0.3 is 6.03 Å². The summed E-state index contributed by atoms with van der Waals surface area (Å²) < 4.78 is 5.50. The van der Waals surface area contributed by atoms with E-state index >= 15 is 0 Å². The molecular formula is C18H15N3O3S2. The molecule has 1 atom stereocenters. The molecule has 3 amide bonds. The Kier molecular flexibility index (Phi) is 3.51. The molecule has 0 bridgehead atoms. The molecule has 1 aliphatic heterocycles. The van der Waals surface area contributed by atoms with Gasteiger partial charge in [0.25, 0.3) is 5.91 Å². The highest BCUT2D eigenvalue weighted by atomic mass is 32.1. The lowest BCUT2D eigenvalue weighted by molar-refractivity contribution is -0.132. The van der Waals surface area contributed by atoms with Crippen LogP contribution in [0.5, 0.6) is 0 Å². The van der Waals surface area contributed by atoms with Gasteiger partial charge < -0.3 is 9.73 Å². The molecule has 26 heavy (non-hydrogen) atoms. The Bertz CT molecular complexity index is 991. The third-order valence-electron chi connectivity index (χ3n) is 4.94. The number of carbonyl (C=O) groups excluding carboxylic acids is 2.